The van der Waals surface area contributed by atoms with Crippen molar-refractivity contribution >= 4 is 93.1 Å². The van der Waals surface area contributed by atoms with E-state index in [1.807, 2.05) is 6.07 Å². The number of para-hydroxylation sites is 4. The molecule has 3 heteroatoms. The highest BCUT2D eigenvalue weighted by Gasteiger charge is 2.24. The second kappa shape index (κ2) is 10.8. The summed E-state index contributed by atoms with van der Waals surface area (Å²) in [5, 5.41) is 12.1. The van der Waals surface area contributed by atoms with Gasteiger partial charge in [0.05, 0.1) is 27.8 Å². The summed E-state index contributed by atoms with van der Waals surface area (Å²) in [7, 11) is 0. The van der Waals surface area contributed by atoms with Crippen LogP contribution in [-0.4, -0.2) is 4.57 Å². The maximum atomic E-state index is 6.47. The van der Waals surface area contributed by atoms with Crippen LogP contribution in [-0.2, 0) is 0 Å². The monoisotopic (exact) mass is 650 g/mol. The molecule has 0 radical (unpaired) electrons. The third kappa shape index (κ3) is 4.12. The third-order valence-corrected chi connectivity index (χ3v) is 10.5. The Morgan fingerprint density at radius 2 is 1.02 bits per heavy atom. The molecular weight excluding hydrogens is 621 g/mol. The molecule has 11 rings (SSSR count). The molecule has 0 aliphatic carbocycles. The van der Waals surface area contributed by atoms with Crippen molar-refractivity contribution in [3.63, 3.8) is 0 Å². The van der Waals surface area contributed by atoms with Gasteiger partial charge in [0.25, 0.3) is 0 Å². The van der Waals surface area contributed by atoms with E-state index in [1.165, 1.54) is 48.6 Å². The first kappa shape index (κ1) is 28.0. The van der Waals surface area contributed by atoms with E-state index >= 15 is 0 Å². The van der Waals surface area contributed by atoms with Crippen LogP contribution in [0.5, 0.6) is 0 Å². The molecule has 2 aromatic heterocycles. The lowest BCUT2D eigenvalue weighted by atomic mass is 9.96. The molecule has 238 valence electrons. The Hall–Kier alpha value is -6.84. The van der Waals surface area contributed by atoms with Gasteiger partial charge in [-0.15, -0.1) is 0 Å². The Kier molecular flexibility index (Phi) is 5.96. The topological polar surface area (TPSA) is 21.3 Å². The number of anilines is 3. The second-order valence-corrected chi connectivity index (χ2v) is 13.3. The van der Waals surface area contributed by atoms with Crippen molar-refractivity contribution in [1.82, 2.24) is 4.57 Å². The average Bonchev–Trinajstić information content (AvgIpc) is 3.75. The van der Waals surface area contributed by atoms with Gasteiger partial charge in [0.2, 0.25) is 0 Å². The van der Waals surface area contributed by atoms with Crippen LogP contribution in [0.4, 0.5) is 17.1 Å². The Morgan fingerprint density at radius 3 is 1.90 bits per heavy atom. The Balaban J connectivity index is 1.25. The summed E-state index contributed by atoms with van der Waals surface area (Å²) in [6.07, 6.45) is 0. The van der Waals surface area contributed by atoms with Crippen molar-refractivity contribution in [2.24, 2.45) is 0 Å². The largest absolute Gasteiger partial charge is 0.456 e. The Morgan fingerprint density at radius 1 is 0.392 bits per heavy atom. The van der Waals surface area contributed by atoms with Crippen LogP contribution in [0.2, 0.25) is 0 Å². The second-order valence-electron chi connectivity index (χ2n) is 13.3. The standard InChI is InChI=1S/C48H30N2O/c1-2-13-33(14-3-1)50-42-19-8-6-16-39(42)40-18-10-21-44(48(40)50)49(43-20-11-23-46-47(43)41-17-7-9-22-45(41)51-46)34-26-29-36-32(30-34)25-28-37-35-15-5-4-12-31(35)24-27-38(36)37/h1-30H. The maximum Gasteiger partial charge on any atom is 0.137 e. The minimum absolute atomic E-state index is 0.869. The minimum Gasteiger partial charge on any atom is -0.456 e. The van der Waals surface area contributed by atoms with E-state index in [0.717, 1.165) is 50.2 Å². The van der Waals surface area contributed by atoms with E-state index < -0.39 is 0 Å². The number of hydrogen-bond acceptors (Lipinski definition) is 2. The maximum absolute atomic E-state index is 6.47. The predicted octanol–water partition coefficient (Wildman–Crippen LogP) is 13.6. The van der Waals surface area contributed by atoms with Gasteiger partial charge < -0.3 is 13.9 Å². The number of benzene rings is 9. The van der Waals surface area contributed by atoms with Crippen molar-refractivity contribution < 1.29 is 4.42 Å². The Labute approximate surface area is 293 Å². The molecule has 9 aromatic carbocycles. The summed E-state index contributed by atoms with van der Waals surface area (Å²) in [5.41, 5.74) is 8.45. The number of fused-ring (bicyclic) bond motifs is 11. The van der Waals surface area contributed by atoms with Crippen molar-refractivity contribution in [2.75, 3.05) is 4.90 Å². The molecule has 0 N–H and O–H groups in total. The minimum atomic E-state index is 0.869. The van der Waals surface area contributed by atoms with Gasteiger partial charge in [-0.05, 0) is 86.9 Å². The molecule has 0 spiro atoms. The molecule has 0 aliphatic heterocycles. The van der Waals surface area contributed by atoms with Gasteiger partial charge in [-0.3, -0.25) is 0 Å². The number of nitrogens with zero attached hydrogens (tertiary/aromatic N) is 2. The van der Waals surface area contributed by atoms with Gasteiger partial charge in [-0.2, -0.15) is 0 Å². The van der Waals surface area contributed by atoms with Crippen LogP contribution in [0.3, 0.4) is 0 Å². The zero-order chi connectivity index (χ0) is 33.5. The van der Waals surface area contributed by atoms with E-state index in [0.29, 0.717) is 0 Å². The van der Waals surface area contributed by atoms with Gasteiger partial charge >= 0.3 is 0 Å². The van der Waals surface area contributed by atoms with E-state index in [4.69, 9.17) is 4.42 Å². The summed E-state index contributed by atoms with van der Waals surface area (Å²) in [6.45, 7) is 0. The van der Waals surface area contributed by atoms with E-state index in [-0.39, 0.29) is 0 Å². The first-order chi connectivity index (χ1) is 25.3. The average molecular weight is 651 g/mol. The summed E-state index contributed by atoms with van der Waals surface area (Å²) in [6, 6.07) is 65.6. The molecule has 0 amide bonds. The number of furan rings is 1. The first-order valence-corrected chi connectivity index (χ1v) is 17.4. The van der Waals surface area contributed by atoms with Crippen LogP contribution in [0, 0.1) is 0 Å². The molecule has 0 unspecified atom stereocenters. The molecule has 0 aliphatic rings. The van der Waals surface area contributed by atoms with Gasteiger partial charge in [-0.1, -0.05) is 127 Å². The summed E-state index contributed by atoms with van der Waals surface area (Å²) >= 11 is 0. The van der Waals surface area contributed by atoms with Crippen molar-refractivity contribution in [1.29, 1.82) is 0 Å². The first-order valence-electron chi connectivity index (χ1n) is 17.4. The lowest BCUT2D eigenvalue weighted by molar-refractivity contribution is 0.669. The van der Waals surface area contributed by atoms with Gasteiger partial charge in [0.15, 0.2) is 0 Å². The van der Waals surface area contributed by atoms with Crippen molar-refractivity contribution in [3.05, 3.63) is 182 Å². The number of aromatic nitrogens is 1. The molecule has 51 heavy (non-hydrogen) atoms. The molecule has 11 aromatic rings. The lowest BCUT2D eigenvalue weighted by Gasteiger charge is -2.28. The number of rotatable bonds is 4. The molecule has 3 nitrogen and oxygen atoms in total. The van der Waals surface area contributed by atoms with Gasteiger partial charge in [0.1, 0.15) is 11.2 Å². The van der Waals surface area contributed by atoms with Crippen molar-refractivity contribution in [3.8, 4) is 5.69 Å². The molecule has 2 heterocycles. The zero-order valence-electron chi connectivity index (χ0n) is 27.6. The van der Waals surface area contributed by atoms with Crippen molar-refractivity contribution in [2.45, 2.75) is 0 Å². The van der Waals surface area contributed by atoms with Crippen LogP contribution in [0.15, 0.2) is 186 Å². The smallest absolute Gasteiger partial charge is 0.137 e. The summed E-state index contributed by atoms with van der Waals surface area (Å²) in [5.74, 6) is 0. The molecule has 0 saturated heterocycles. The normalized spacial score (nSPS) is 11.9. The van der Waals surface area contributed by atoms with Gasteiger partial charge in [-0.25, -0.2) is 0 Å². The van der Waals surface area contributed by atoms with Crippen LogP contribution >= 0.6 is 0 Å². The molecular formula is C48H30N2O. The Bertz CT molecular complexity index is 3150. The molecule has 0 saturated carbocycles. The fourth-order valence-corrected chi connectivity index (χ4v) is 8.33. The van der Waals surface area contributed by atoms with E-state index in [2.05, 4.69) is 185 Å². The fourth-order valence-electron chi connectivity index (χ4n) is 8.33. The quantitative estimate of drug-likeness (QED) is 0.177. The predicted molar refractivity (Wildman–Crippen MR) is 215 cm³/mol. The van der Waals surface area contributed by atoms with Crippen LogP contribution in [0.25, 0.3) is 81.7 Å². The van der Waals surface area contributed by atoms with Gasteiger partial charge in [0, 0.05) is 27.5 Å². The van der Waals surface area contributed by atoms with Crippen LogP contribution < -0.4 is 4.90 Å². The third-order valence-electron chi connectivity index (χ3n) is 10.5. The SMILES string of the molecule is c1ccc(-n2c3ccccc3c3cccc(N(c4ccc5c(ccc6c7ccccc7ccc56)c4)c4cccc5oc6ccccc6c45)c32)cc1. The molecule has 0 atom stereocenters. The zero-order valence-corrected chi connectivity index (χ0v) is 27.6. The number of hydrogen-bond donors (Lipinski definition) is 0. The summed E-state index contributed by atoms with van der Waals surface area (Å²) < 4.78 is 8.88. The highest BCUT2D eigenvalue weighted by molar-refractivity contribution is 6.20. The molecule has 0 fully saturated rings. The molecule has 0 bridgehead atoms. The highest BCUT2D eigenvalue weighted by atomic mass is 16.3. The van der Waals surface area contributed by atoms with E-state index in [1.54, 1.807) is 0 Å². The lowest BCUT2D eigenvalue weighted by Crippen LogP contribution is -2.12. The summed E-state index contributed by atoms with van der Waals surface area (Å²) in [4.78, 5) is 2.44. The fraction of sp³-hybridized carbons (Fsp3) is 0. The van der Waals surface area contributed by atoms with Crippen LogP contribution in [0.1, 0.15) is 0 Å². The van der Waals surface area contributed by atoms with E-state index in [9.17, 15) is 0 Å². The highest BCUT2D eigenvalue weighted by Crippen LogP contribution is 2.47.